The lowest BCUT2D eigenvalue weighted by Gasteiger charge is -2.14. The molecule has 1 aromatic carbocycles. The second-order valence-corrected chi connectivity index (χ2v) is 2.76. The number of hydrogen-bond donors (Lipinski definition) is 1. The minimum Gasteiger partial charge on any atom is -0.464 e. The first-order valence-corrected chi connectivity index (χ1v) is 4.11. The molecule has 2 rings (SSSR count). The molecule has 0 saturated heterocycles. The number of nitrogens with zero attached hydrogens (tertiary/aromatic N) is 2. The quantitative estimate of drug-likeness (QED) is 0.679. The van der Waals surface area contributed by atoms with Crippen molar-refractivity contribution in [2.75, 3.05) is 4.90 Å². The number of anilines is 1. The van der Waals surface area contributed by atoms with Crippen molar-refractivity contribution in [3.05, 3.63) is 36.5 Å². The molecule has 4 heteroatoms. The Hall–Kier alpha value is -2.10. The molecular formula is C10H8N2O2. The summed E-state index contributed by atoms with van der Waals surface area (Å²) in [5.74, 6) is 0. The third kappa shape index (κ3) is 1.37. The maximum atomic E-state index is 10.9. The van der Waals surface area contributed by atoms with Crippen LogP contribution in [0.4, 0.5) is 16.2 Å². The second kappa shape index (κ2) is 3.33. The van der Waals surface area contributed by atoms with Gasteiger partial charge in [-0.2, -0.15) is 0 Å². The maximum Gasteiger partial charge on any atom is 0.416 e. The molecule has 0 bridgehead atoms. The van der Waals surface area contributed by atoms with E-state index in [1.54, 1.807) is 30.5 Å². The van der Waals surface area contributed by atoms with Gasteiger partial charge in [0.05, 0.1) is 11.4 Å². The first kappa shape index (κ1) is 8.50. The van der Waals surface area contributed by atoms with Crippen molar-refractivity contribution < 1.29 is 9.90 Å². The van der Waals surface area contributed by atoms with E-state index in [2.05, 4.69) is 4.99 Å². The van der Waals surface area contributed by atoms with E-state index in [1.807, 2.05) is 6.07 Å². The molecule has 0 aromatic heterocycles. The molecule has 14 heavy (non-hydrogen) atoms. The number of allylic oxidation sites excluding steroid dienone is 1. The number of carbonyl (C=O) groups is 1. The lowest BCUT2D eigenvalue weighted by atomic mass is 10.2. The van der Waals surface area contributed by atoms with E-state index in [0.29, 0.717) is 11.4 Å². The standard InChI is InChI=1S/C10H8N2O2/c13-10(14)12-7-3-6-11-8-4-1-2-5-9(8)12/h1-7H,(H,13,14). The molecule has 0 unspecified atom stereocenters. The van der Waals surface area contributed by atoms with Gasteiger partial charge >= 0.3 is 6.09 Å². The Balaban J connectivity index is 2.55. The van der Waals surface area contributed by atoms with Crippen molar-refractivity contribution in [1.82, 2.24) is 0 Å². The highest BCUT2D eigenvalue weighted by atomic mass is 16.4. The largest absolute Gasteiger partial charge is 0.464 e. The molecule has 0 aliphatic carbocycles. The minimum atomic E-state index is -1.01. The van der Waals surface area contributed by atoms with E-state index in [9.17, 15) is 4.79 Å². The van der Waals surface area contributed by atoms with E-state index < -0.39 is 6.09 Å². The molecular weight excluding hydrogens is 180 g/mol. The van der Waals surface area contributed by atoms with Gasteiger partial charge in [-0.05, 0) is 18.2 Å². The summed E-state index contributed by atoms with van der Waals surface area (Å²) in [4.78, 5) is 16.1. The third-order valence-electron chi connectivity index (χ3n) is 1.88. The molecule has 4 nitrogen and oxygen atoms in total. The van der Waals surface area contributed by atoms with Crippen LogP contribution in [0.2, 0.25) is 0 Å². The van der Waals surface area contributed by atoms with Crippen LogP contribution in [0.5, 0.6) is 0 Å². The van der Waals surface area contributed by atoms with Crippen LogP contribution in [0, 0.1) is 0 Å². The van der Waals surface area contributed by atoms with E-state index in [0.717, 1.165) is 4.90 Å². The Morgan fingerprint density at radius 1 is 1.36 bits per heavy atom. The van der Waals surface area contributed by atoms with Crippen LogP contribution in [0.15, 0.2) is 41.5 Å². The third-order valence-corrected chi connectivity index (χ3v) is 1.88. The smallest absolute Gasteiger partial charge is 0.416 e. The fourth-order valence-electron chi connectivity index (χ4n) is 1.27. The molecule has 70 valence electrons. The fourth-order valence-corrected chi connectivity index (χ4v) is 1.27. The number of amides is 1. The number of rotatable bonds is 0. The maximum absolute atomic E-state index is 10.9. The molecule has 1 aliphatic heterocycles. The van der Waals surface area contributed by atoms with Crippen LogP contribution in [0.3, 0.4) is 0 Å². The average molecular weight is 188 g/mol. The minimum absolute atomic E-state index is 0.574. The van der Waals surface area contributed by atoms with Crippen LogP contribution < -0.4 is 4.90 Å². The van der Waals surface area contributed by atoms with Crippen molar-refractivity contribution in [2.45, 2.75) is 0 Å². The second-order valence-electron chi connectivity index (χ2n) is 2.76. The monoisotopic (exact) mass is 188 g/mol. The molecule has 0 saturated carbocycles. The van der Waals surface area contributed by atoms with Crippen molar-refractivity contribution in [2.24, 2.45) is 4.99 Å². The summed E-state index contributed by atoms with van der Waals surface area (Å²) in [6.07, 6.45) is 3.62. The zero-order valence-corrected chi connectivity index (χ0v) is 7.29. The summed E-state index contributed by atoms with van der Waals surface area (Å²) >= 11 is 0. The molecule has 0 atom stereocenters. The fraction of sp³-hybridized carbons (Fsp3) is 0. The van der Waals surface area contributed by atoms with Crippen molar-refractivity contribution in [3.63, 3.8) is 0 Å². The highest BCUT2D eigenvalue weighted by molar-refractivity contribution is 5.95. The molecule has 1 amide bonds. The molecule has 1 aliphatic rings. The van der Waals surface area contributed by atoms with Crippen LogP contribution in [-0.2, 0) is 0 Å². The highest BCUT2D eigenvalue weighted by Gasteiger charge is 2.15. The van der Waals surface area contributed by atoms with Gasteiger partial charge < -0.3 is 5.11 Å². The highest BCUT2D eigenvalue weighted by Crippen LogP contribution is 2.29. The summed E-state index contributed by atoms with van der Waals surface area (Å²) in [6, 6.07) is 7.09. The number of hydrogen-bond acceptors (Lipinski definition) is 2. The van der Waals surface area contributed by atoms with Gasteiger partial charge in [-0.3, -0.25) is 9.89 Å². The van der Waals surface area contributed by atoms with Crippen LogP contribution in [-0.4, -0.2) is 17.4 Å². The zero-order chi connectivity index (χ0) is 9.97. The summed E-state index contributed by atoms with van der Waals surface area (Å²) in [5.41, 5.74) is 1.23. The Kier molecular flexibility index (Phi) is 2.02. The number of benzene rings is 1. The Labute approximate surface area is 80.8 Å². The van der Waals surface area contributed by atoms with Crippen LogP contribution in [0.25, 0.3) is 0 Å². The van der Waals surface area contributed by atoms with Gasteiger partial charge in [0.2, 0.25) is 0 Å². The van der Waals surface area contributed by atoms with Crippen molar-refractivity contribution in [3.8, 4) is 0 Å². The molecule has 1 heterocycles. The van der Waals surface area contributed by atoms with Gasteiger partial charge in [-0.25, -0.2) is 4.79 Å². The summed E-state index contributed by atoms with van der Waals surface area (Å²) in [7, 11) is 0. The summed E-state index contributed by atoms with van der Waals surface area (Å²) < 4.78 is 0. The summed E-state index contributed by atoms with van der Waals surface area (Å²) in [5, 5.41) is 8.93. The number of aliphatic imine (C=N–C) groups is 1. The van der Waals surface area contributed by atoms with E-state index in [4.69, 9.17) is 5.11 Å². The summed E-state index contributed by atoms with van der Waals surface area (Å²) in [6.45, 7) is 0. The topological polar surface area (TPSA) is 52.9 Å². The van der Waals surface area contributed by atoms with Crippen molar-refractivity contribution in [1.29, 1.82) is 0 Å². The van der Waals surface area contributed by atoms with E-state index >= 15 is 0 Å². The average Bonchev–Trinajstić information content (AvgIpc) is 2.39. The van der Waals surface area contributed by atoms with Crippen molar-refractivity contribution >= 4 is 23.7 Å². The van der Waals surface area contributed by atoms with Gasteiger partial charge in [-0.1, -0.05) is 12.1 Å². The van der Waals surface area contributed by atoms with Crippen LogP contribution >= 0.6 is 0 Å². The first-order valence-electron chi connectivity index (χ1n) is 4.11. The predicted octanol–water partition coefficient (Wildman–Crippen LogP) is 2.40. The van der Waals surface area contributed by atoms with E-state index in [-0.39, 0.29) is 0 Å². The molecule has 0 radical (unpaired) electrons. The Bertz CT molecular complexity index is 424. The normalized spacial score (nSPS) is 13.6. The number of para-hydroxylation sites is 2. The molecule has 0 spiro atoms. The van der Waals surface area contributed by atoms with Crippen LogP contribution in [0.1, 0.15) is 0 Å². The van der Waals surface area contributed by atoms with Gasteiger partial charge in [0, 0.05) is 12.4 Å². The number of carboxylic acid groups (broad SMARTS) is 1. The molecule has 1 aromatic rings. The van der Waals surface area contributed by atoms with Gasteiger partial charge in [0.25, 0.3) is 0 Å². The Morgan fingerprint density at radius 2 is 2.14 bits per heavy atom. The number of fused-ring (bicyclic) bond motifs is 1. The first-order chi connectivity index (χ1) is 6.79. The lowest BCUT2D eigenvalue weighted by molar-refractivity contribution is 0.204. The van der Waals surface area contributed by atoms with Gasteiger partial charge in [-0.15, -0.1) is 0 Å². The molecule has 1 N–H and O–H groups in total. The SMILES string of the molecule is O=C(O)N1C=CC=Nc2ccccc21. The van der Waals surface area contributed by atoms with Gasteiger partial charge in [0.15, 0.2) is 0 Å². The lowest BCUT2D eigenvalue weighted by Crippen LogP contribution is -2.22. The molecule has 0 fully saturated rings. The zero-order valence-electron chi connectivity index (χ0n) is 7.29. The van der Waals surface area contributed by atoms with E-state index in [1.165, 1.54) is 6.20 Å². The Morgan fingerprint density at radius 3 is 2.93 bits per heavy atom. The predicted molar refractivity (Wildman–Crippen MR) is 54.2 cm³/mol. The van der Waals surface area contributed by atoms with Gasteiger partial charge in [0.1, 0.15) is 0 Å².